The Labute approximate surface area is 109 Å². The molecule has 0 bridgehead atoms. The summed E-state index contributed by atoms with van der Waals surface area (Å²) in [6.07, 6.45) is 0.941. The molecule has 1 aromatic heterocycles. The summed E-state index contributed by atoms with van der Waals surface area (Å²) in [5.74, 6) is 1.21. The van der Waals surface area contributed by atoms with Crippen molar-refractivity contribution >= 4 is 5.97 Å². The average molecular weight is 260 g/mol. The van der Waals surface area contributed by atoms with Gasteiger partial charge < -0.3 is 18.6 Å². The number of benzene rings is 1. The van der Waals surface area contributed by atoms with E-state index < -0.39 is 12.1 Å². The number of esters is 1. The molecule has 98 valence electrons. The maximum Gasteiger partial charge on any atom is 0.339 e. The minimum atomic E-state index is -0.595. The number of fused-ring (bicyclic) bond motifs is 1. The lowest BCUT2D eigenvalue weighted by Gasteiger charge is -2.14. The normalized spacial score (nSPS) is 16.9. The van der Waals surface area contributed by atoms with E-state index in [1.54, 1.807) is 31.4 Å². The van der Waals surface area contributed by atoms with Gasteiger partial charge in [0.25, 0.3) is 0 Å². The van der Waals surface area contributed by atoms with Gasteiger partial charge in [0.1, 0.15) is 5.76 Å². The number of methoxy groups -OCH3 is 2. The number of rotatable bonds is 3. The SMILES string of the molecule is COc1ccc2c(c1OC)C(c1ccco1)OC2=O. The van der Waals surface area contributed by atoms with E-state index in [-0.39, 0.29) is 0 Å². The van der Waals surface area contributed by atoms with E-state index in [9.17, 15) is 4.79 Å². The van der Waals surface area contributed by atoms with Crippen LogP contribution in [0.4, 0.5) is 0 Å². The number of ether oxygens (including phenoxy) is 3. The summed E-state index contributed by atoms with van der Waals surface area (Å²) in [7, 11) is 3.07. The second-order valence-electron chi connectivity index (χ2n) is 4.06. The van der Waals surface area contributed by atoms with Crippen molar-refractivity contribution in [3.05, 3.63) is 47.4 Å². The third kappa shape index (κ3) is 1.66. The molecule has 1 unspecified atom stereocenters. The van der Waals surface area contributed by atoms with E-state index in [4.69, 9.17) is 18.6 Å². The van der Waals surface area contributed by atoms with Gasteiger partial charge in [0.05, 0.1) is 31.6 Å². The first kappa shape index (κ1) is 11.6. The number of cyclic esters (lactones) is 1. The van der Waals surface area contributed by atoms with Crippen LogP contribution < -0.4 is 9.47 Å². The van der Waals surface area contributed by atoms with Crippen LogP contribution in [0, 0.1) is 0 Å². The first-order chi connectivity index (χ1) is 9.26. The van der Waals surface area contributed by atoms with Crippen molar-refractivity contribution in [2.75, 3.05) is 14.2 Å². The minimum Gasteiger partial charge on any atom is -0.493 e. The van der Waals surface area contributed by atoms with Gasteiger partial charge in [-0.05, 0) is 24.3 Å². The molecule has 0 amide bonds. The maximum atomic E-state index is 11.9. The van der Waals surface area contributed by atoms with Gasteiger partial charge in [-0.3, -0.25) is 0 Å². The molecule has 1 atom stereocenters. The Kier molecular flexibility index (Phi) is 2.67. The second kappa shape index (κ2) is 4.35. The van der Waals surface area contributed by atoms with Crippen LogP contribution in [0.1, 0.15) is 27.8 Å². The lowest BCUT2D eigenvalue weighted by atomic mass is 10.0. The molecule has 3 rings (SSSR count). The van der Waals surface area contributed by atoms with Gasteiger partial charge >= 0.3 is 5.97 Å². The van der Waals surface area contributed by atoms with Crippen molar-refractivity contribution in [3.63, 3.8) is 0 Å². The summed E-state index contributed by atoms with van der Waals surface area (Å²) < 4.78 is 21.3. The highest BCUT2D eigenvalue weighted by molar-refractivity contribution is 5.96. The number of carbonyl (C=O) groups is 1. The van der Waals surface area contributed by atoms with E-state index in [0.717, 1.165) is 0 Å². The van der Waals surface area contributed by atoms with Crippen molar-refractivity contribution < 1.29 is 23.4 Å². The highest BCUT2D eigenvalue weighted by Gasteiger charge is 2.38. The highest BCUT2D eigenvalue weighted by atomic mass is 16.6. The summed E-state index contributed by atoms with van der Waals surface area (Å²) in [4.78, 5) is 11.9. The third-order valence-electron chi connectivity index (χ3n) is 3.09. The van der Waals surface area contributed by atoms with Gasteiger partial charge in [0.2, 0.25) is 0 Å². The summed E-state index contributed by atoms with van der Waals surface area (Å²) >= 11 is 0. The van der Waals surface area contributed by atoms with Crippen molar-refractivity contribution in [2.45, 2.75) is 6.10 Å². The molecule has 5 nitrogen and oxygen atoms in total. The van der Waals surface area contributed by atoms with E-state index in [2.05, 4.69) is 0 Å². The molecule has 0 radical (unpaired) electrons. The molecule has 0 spiro atoms. The highest BCUT2D eigenvalue weighted by Crippen LogP contribution is 2.45. The van der Waals surface area contributed by atoms with Crippen LogP contribution in [0.5, 0.6) is 11.5 Å². The number of furan rings is 1. The molecule has 1 aliphatic heterocycles. The van der Waals surface area contributed by atoms with Crippen LogP contribution in [0.25, 0.3) is 0 Å². The van der Waals surface area contributed by atoms with Crippen LogP contribution in [0.15, 0.2) is 34.9 Å². The molecule has 0 fully saturated rings. The molecule has 0 saturated heterocycles. The number of hydrogen-bond donors (Lipinski definition) is 0. The summed E-state index contributed by atoms with van der Waals surface area (Å²) in [6, 6.07) is 6.85. The van der Waals surface area contributed by atoms with Crippen LogP contribution >= 0.6 is 0 Å². The Morgan fingerprint density at radius 2 is 2.00 bits per heavy atom. The van der Waals surface area contributed by atoms with Crippen LogP contribution in [0.3, 0.4) is 0 Å². The molecular weight excluding hydrogens is 248 g/mol. The maximum absolute atomic E-state index is 11.9. The van der Waals surface area contributed by atoms with E-state index in [0.29, 0.717) is 28.4 Å². The van der Waals surface area contributed by atoms with Crippen molar-refractivity contribution in [1.29, 1.82) is 0 Å². The number of hydrogen-bond acceptors (Lipinski definition) is 5. The largest absolute Gasteiger partial charge is 0.493 e. The van der Waals surface area contributed by atoms with Gasteiger partial charge in [0.15, 0.2) is 17.6 Å². The summed E-state index contributed by atoms with van der Waals surface area (Å²) in [6.45, 7) is 0. The fraction of sp³-hybridized carbons (Fsp3) is 0.214. The van der Waals surface area contributed by atoms with Gasteiger partial charge in [-0.1, -0.05) is 0 Å². The molecule has 2 heterocycles. The predicted molar refractivity (Wildman–Crippen MR) is 65.5 cm³/mol. The molecular formula is C14H12O5. The Morgan fingerprint density at radius 1 is 1.16 bits per heavy atom. The Balaban J connectivity index is 2.21. The molecule has 1 aliphatic rings. The first-order valence-corrected chi connectivity index (χ1v) is 5.75. The van der Waals surface area contributed by atoms with Crippen molar-refractivity contribution in [2.24, 2.45) is 0 Å². The van der Waals surface area contributed by atoms with Gasteiger partial charge in [-0.15, -0.1) is 0 Å². The fourth-order valence-electron chi connectivity index (χ4n) is 2.26. The molecule has 0 aliphatic carbocycles. The minimum absolute atomic E-state index is 0.391. The lowest BCUT2D eigenvalue weighted by molar-refractivity contribution is 0.0418. The first-order valence-electron chi connectivity index (χ1n) is 5.75. The smallest absolute Gasteiger partial charge is 0.339 e. The van der Waals surface area contributed by atoms with Crippen molar-refractivity contribution in [1.82, 2.24) is 0 Å². The van der Waals surface area contributed by atoms with Crippen LogP contribution in [0.2, 0.25) is 0 Å². The van der Waals surface area contributed by atoms with Gasteiger partial charge in [0, 0.05) is 0 Å². The summed E-state index contributed by atoms with van der Waals surface area (Å²) in [5, 5.41) is 0. The fourth-order valence-corrected chi connectivity index (χ4v) is 2.26. The average Bonchev–Trinajstić information content (AvgIpc) is 3.05. The monoisotopic (exact) mass is 260 g/mol. The second-order valence-corrected chi connectivity index (χ2v) is 4.06. The lowest BCUT2D eigenvalue weighted by Crippen LogP contribution is -2.01. The third-order valence-corrected chi connectivity index (χ3v) is 3.09. The predicted octanol–water partition coefficient (Wildman–Crippen LogP) is 2.56. The molecule has 19 heavy (non-hydrogen) atoms. The van der Waals surface area contributed by atoms with Crippen LogP contribution in [-0.2, 0) is 4.74 Å². The molecule has 0 N–H and O–H groups in total. The molecule has 2 aromatic rings. The zero-order valence-corrected chi connectivity index (χ0v) is 10.5. The molecule has 1 aromatic carbocycles. The van der Waals surface area contributed by atoms with Crippen LogP contribution in [-0.4, -0.2) is 20.2 Å². The Morgan fingerprint density at radius 3 is 2.63 bits per heavy atom. The Hall–Kier alpha value is -2.43. The van der Waals surface area contributed by atoms with E-state index >= 15 is 0 Å². The van der Waals surface area contributed by atoms with Gasteiger partial charge in [-0.2, -0.15) is 0 Å². The molecule has 0 saturated carbocycles. The standard InChI is InChI=1S/C14H12O5/c1-16-9-6-5-8-11(12(9)17-2)13(19-14(8)15)10-4-3-7-18-10/h3-7,13H,1-2H3. The zero-order valence-electron chi connectivity index (χ0n) is 10.5. The summed E-state index contributed by atoms with van der Waals surface area (Å²) in [5.41, 5.74) is 1.11. The van der Waals surface area contributed by atoms with E-state index in [1.807, 2.05) is 0 Å². The molecule has 5 heteroatoms. The van der Waals surface area contributed by atoms with E-state index in [1.165, 1.54) is 13.4 Å². The quantitative estimate of drug-likeness (QED) is 0.794. The Bertz CT molecular complexity index is 615. The number of carbonyl (C=O) groups excluding carboxylic acids is 1. The van der Waals surface area contributed by atoms with Crippen molar-refractivity contribution in [3.8, 4) is 11.5 Å². The zero-order chi connectivity index (χ0) is 13.4. The topological polar surface area (TPSA) is 57.9 Å². The van der Waals surface area contributed by atoms with Gasteiger partial charge in [-0.25, -0.2) is 4.79 Å².